The maximum absolute atomic E-state index is 13.4. The van der Waals surface area contributed by atoms with Gasteiger partial charge >= 0.3 is 11.9 Å². The van der Waals surface area contributed by atoms with E-state index in [1.807, 2.05) is 0 Å². The number of halogens is 2. The number of hydrogen-bond acceptors (Lipinski definition) is 7. The van der Waals surface area contributed by atoms with E-state index in [-0.39, 0.29) is 29.4 Å². The Morgan fingerprint density at radius 2 is 1.33 bits per heavy atom. The Morgan fingerprint density at radius 3 is 1.81 bits per heavy atom. The Bertz CT molecular complexity index is 1260. The summed E-state index contributed by atoms with van der Waals surface area (Å²) in [5.41, 5.74) is 3.18. The molecule has 7 nitrogen and oxygen atoms in total. The molecule has 0 amide bonds. The monoisotopic (exact) mass is 523 g/mol. The molecule has 0 bridgehead atoms. The van der Waals surface area contributed by atoms with Crippen molar-refractivity contribution in [2.45, 2.75) is 33.0 Å². The minimum Gasteiger partial charge on any atom is -0.456 e. The van der Waals surface area contributed by atoms with E-state index in [0.717, 1.165) is 0 Å². The first kappa shape index (κ1) is 25.4. The second-order valence-corrected chi connectivity index (χ2v) is 8.86. The summed E-state index contributed by atoms with van der Waals surface area (Å²) in [6, 6.07) is 15.7. The topological polar surface area (TPSA) is 90.4 Å². The van der Waals surface area contributed by atoms with Crippen LogP contribution in [0.15, 0.2) is 89.5 Å². The standard InChI is InChI=1S/C27H23Cl2N3O4/c1-16-22(26(33)35-14-18-8-3-5-12-30-18)24(20-10-7-11-21(28)25(20)29)23(17(2)32-16)27(34)36-15-19-9-4-6-13-31-19/h3-13,24,32H,14-15H2,1-2H3. The molecule has 0 fully saturated rings. The van der Waals surface area contributed by atoms with Crippen molar-refractivity contribution in [3.8, 4) is 0 Å². The van der Waals surface area contributed by atoms with Crippen molar-refractivity contribution in [3.05, 3.63) is 117 Å². The number of nitrogens with one attached hydrogen (secondary N) is 1. The predicted molar refractivity (Wildman–Crippen MR) is 136 cm³/mol. The van der Waals surface area contributed by atoms with Crippen molar-refractivity contribution in [3.63, 3.8) is 0 Å². The highest BCUT2D eigenvalue weighted by Crippen LogP contribution is 2.43. The van der Waals surface area contributed by atoms with Gasteiger partial charge in [-0.3, -0.25) is 9.97 Å². The minimum absolute atomic E-state index is 0.0331. The van der Waals surface area contributed by atoms with E-state index in [1.54, 1.807) is 80.8 Å². The van der Waals surface area contributed by atoms with Crippen LogP contribution in [0.4, 0.5) is 0 Å². The van der Waals surface area contributed by atoms with Gasteiger partial charge in [0.25, 0.3) is 0 Å². The molecular weight excluding hydrogens is 501 g/mol. The van der Waals surface area contributed by atoms with Crippen LogP contribution < -0.4 is 5.32 Å². The van der Waals surface area contributed by atoms with Crippen molar-refractivity contribution < 1.29 is 19.1 Å². The lowest BCUT2D eigenvalue weighted by Gasteiger charge is -2.31. The van der Waals surface area contributed by atoms with Crippen molar-refractivity contribution in [2.75, 3.05) is 0 Å². The number of esters is 2. The lowest BCUT2D eigenvalue weighted by Crippen LogP contribution is -2.32. The van der Waals surface area contributed by atoms with E-state index in [4.69, 9.17) is 32.7 Å². The molecule has 184 valence electrons. The number of ether oxygens (including phenoxy) is 2. The van der Waals surface area contributed by atoms with E-state index >= 15 is 0 Å². The summed E-state index contributed by atoms with van der Waals surface area (Å²) >= 11 is 12.9. The number of pyridine rings is 2. The predicted octanol–water partition coefficient (Wildman–Crippen LogP) is 5.51. The first-order chi connectivity index (χ1) is 17.4. The van der Waals surface area contributed by atoms with E-state index in [0.29, 0.717) is 33.4 Å². The quantitative estimate of drug-likeness (QED) is 0.408. The Hall–Kier alpha value is -3.68. The molecule has 9 heteroatoms. The summed E-state index contributed by atoms with van der Waals surface area (Å²) in [6.07, 6.45) is 3.23. The van der Waals surface area contributed by atoms with Crippen LogP contribution in [0.5, 0.6) is 0 Å². The third-order valence-corrected chi connectivity index (χ3v) is 6.48. The minimum atomic E-state index is -0.870. The zero-order chi connectivity index (χ0) is 25.7. The second kappa shape index (κ2) is 11.4. The van der Waals surface area contributed by atoms with Crippen molar-refractivity contribution in [1.29, 1.82) is 0 Å². The molecular formula is C27H23Cl2N3O4. The Balaban J connectivity index is 1.70. The van der Waals surface area contributed by atoms with Gasteiger partial charge in [0.1, 0.15) is 13.2 Å². The van der Waals surface area contributed by atoms with Gasteiger partial charge in [-0.1, -0.05) is 47.5 Å². The van der Waals surface area contributed by atoms with Gasteiger partial charge in [-0.2, -0.15) is 0 Å². The molecule has 1 aliphatic rings. The lowest BCUT2D eigenvalue weighted by molar-refractivity contribution is -0.141. The molecule has 0 aliphatic carbocycles. The van der Waals surface area contributed by atoms with Gasteiger partial charge in [0.05, 0.1) is 38.5 Å². The summed E-state index contributed by atoms with van der Waals surface area (Å²) in [4.78, 5) is 35.2. The molecule has 0 unspecified atom stereocenters. The average molecular weight is 524 g/mol. The van der Waals surface area contributed by atoms with Gasteiger partial charge < -0.3 is 14.8 Å². The smallest absolute Gasteiger partial charge is 0.337 e. The van der Waals surface area contributed by atoms with E-state index < -0.39 is 17.9 Å². The Labute approximate surface area is 218 Å². The zero-order valence-corrected chi connectivity index (χ0v) is 21.1. The normalized spacial score (nSPS) is 13.9. The van der Waals surface area contributed by atoms with Crippen molar-refractivity contribution >= 4 is 35.1 Å². The van der Waals surface area contributed by atoms with E-state index in [9.17, 15) is 9.59 Å². The first-order valence-electron chi connectivity index (χ1n) is 11.1. The van der Waals surface area contributed by atoms with Crippen LogP contribution in [0.1, 0.15) is 36.7 Å². The highest BCUT2D eigenvalue weighted by molar-refractivity contribution is 6.42. The zero-order valence-electron chi connectivity index (χ0n) is 19.6. The van der Waals surface area contributed by atoms with Crippen LogP contribution in [0, 0.1) is 0 Å². The highest BCUT2D eigenvalue weighted by atomic mass is 35.5. The van der Waals surface area contributed by atoms with Crippen LogP contribution in [0.3, 0.4) is 0 Å². The number of carbonyl (C=O) groups is 2. The van der Waals surface area contributed by atoms with Gasteiger partial charge in [0, 0.05) is 23.8 Å². The van der Waals surface area contributed by atoms with Crippen molar-refractivity contribution in [2.24, 2.45) is 0 Å². The SMILES string of the molecule is CC1=C(C(=O)OCc2ccccn2)C(c2cccc(Cl)c2Cl)C(C(=O)OCc2ccccn2)=C(C)N1. The van der Waals surface area contributed by atoms with Crippen LogP contribution in [-0.4, -0.2) is 21.9 Å². The Kier molecular flexibility index (Phi) is 8.03. The third-order valence-electron chi connectivity index (χ3n) is 5.65. The van der Waals surface area contributed by atoms with Gasteiger partial charge in [0.15, 0.2) is 0 Å². The average Bonchev–Trinajstić information content (AvgIpc) is 2.88. The van der Waals surface area contributed by atoms with Crippen LogP contribution in [0.2, 0.25) is 10.0 Å². The van der Waals surface area contributed by atoms with Crippen molar-refractivity contribution in [1.82, 2.24) is 15.3 Å². The first-order valence-corrected chi connectivity index (χ1v) is 11.9. The molecule has 0 saturated heterocycles. The number of rotatable bonds is 7. The number of carbonyl (C=O) groups excluding carboxylic acids is 2. The highest BCUT2D eigenvalue weighted by Gasteiger charge is 2.39. The third kappa shape index (κ3) is 5.58. The molecule has 1 aliphatic heterocycles. The largest absolute Gasteiger partial charge is 0.456 e. The van der Waals surface area contributed by atoms with Gasteiger partial charge in [-0.25, -0.2) is 9.59 Å². The van der Waals surface area contributed by atoms with Gasteiger partial charge in [-0.05, 0) is 49.7 Å². The molecule has 4 rings (SSSR count). The van der Waals surface area contributed by atoms with E-state index in [2.05, 4.69) is 15.3 Å². The van der Waals surface area contributed by atoms with Gasteiger partial charge in [0.2, 0.25) is 0 Å². The maximum atomic E-state index is 13.4. The molecule has 0 spiro atoms. The number of nitrogens with zero attached hydrogens (tertiary/aromatic N) is 2. The van der Waals surface area contributed by atoms with Crippen LogP contribution in [0.25, 0.3) is 0 Å². The molecule has 0 atom stereocenters. The summed E-state index contributed by atoms with van der Waals surface area (Å²) in [6.45, 7) is 3.41. The number of allylic oxidation sites excluding steroid dienone is 2. The maximum Gasteiger partial charge on any atom is 0.337 e. The number of benzene rings is 1. The fourth-order valence-corrected chi connectivity index (χ4v) is 4.41. The van der Waals surface area contributed by atoms with Crippen LogP contribution in [-0.2, 0) is 32.3 Å². The Morgan fingerprint density at radius 1 is 0.806 bits per heavy atom. The molecule has 1 N–H and O–H groups in total. The summed E-state index contributed by atoms with van der Waals surface area (Å²) < 4.78 is 11.2. The second-order valence-electron chi connectivity index (χ2n) is 8.07. The summed E-state index contributed by atoms with van der Waals surface area (Å²) in [7, 11) is 0. The number of aromatic nitrogens is 2. The molecule has 1 aromatic carbocycles. The molecule has 0 radical (unpaired) electrons. The summed E-state index contributed by atoms with van der Waals surface area (Å²) in [5.74, 6) is -2.10. The fraction of sp³-hybridized carbons (Fsp3) is 0.185. The molecule has 36 heavy (non-hydrogen) atoms. The number of dihydropyridines is 1. The number of hydrogen-bond donors (Lipinski definition) is 1. The van der Waals surface area contributed by atoms with Gasteiger partial charge in [-0.15, -0.1) is 0 Å². The molecule has 2 aromatic heterocycles. The fourth-order valence-electron chi connectivity index (χ4n) is 3.99. The molecule has 3 aromatic rings. The lowest BCUT2D eigenvalue weighted by atomic mass is 9.80. The molecule has 0 saturated carbocycles. The van der Waals surface area contributed by atoms with Crippen LogP contribution >= 0.6 is 23.2 Å². The molecule has 3 heterocycles. The summed E-state index contributed by atoms with van der Waals surface area (Å²) in [5, 5.41) is 3.65. The van der Waals surface area contributed by atoms with E-state index in [1.165, 1.54) is 0 Å².